The number of hydrogen-bond acceptors (Lipinski definition) is 2. The van der Waals surface area contributed by atoms with E-state index in [1.54, 1.807) is 38.4 Å². The lowest BCUT2D eigenvalue weighted by Gasteiger charge is -2.32. The number of amides is 1. The molecule has 0 saturated carbocycles. The molecule has 2 aromatic heterocycles. The van der Waals surface area contributed by atoms with Gasteiger partial charge < -0.3 is 14.5 Å². The van der Waals surface area contributed by atoms with Gasteiger partial charge in [0.1, 0.15) is 11.6 Å². The lowest BCUT2D eigenvalue weighted by molar-refractivity contribution is 0.0697. The van der Waals surface area contributed by atoms with Gasteiger partial charge in [-0.15, -0.1) is 0 Å². The zero-order chi connectivity index (χ0) is 25.0. The number of benzene rings is 3. The standard InChI is InChI=1S/C27H21ClF2N4O2/c28-16-5-6-21-22(15-33(25(21)11-16)20-13-17(29)12-18(30)14-20)26(35)32-9-7-19(8-10-32)34-24-4-2-1-3-23(24)31-27(34)36/h1-6,11-15,19H,7-10H2,(H,31,36). The minimum absolute atomic E-state index is 0.0203. The number of H-pyrrole nitrogens is 1. The third kappa shape index (κ3) is 3.78. The number of carbonyl (C=O) groups excluding carboxylic acids is 1. The predicted octanol–water partition coefficient (Wildman–Crippen LogP) is 5.68. The Morgan fingerprint density at radius 2 is 1.67 bits per heavy atom. The van der Waals surface area contributed by atoms with Crippen molar-refractivity contribution in [2.24, 2.45) is 0 Å². The van der Waals surface area contributed by atoms with Crippen LogP contribution in [0.15, 0.2) is 71.7 Å². The van der Waals surface area contributed by atoms with Gasteiger partial charge in [-0.25, -0.2) is 13.6 Å². The van der Waals surface area contributed by atoms with Gasteiger partial charge in [-0.05, 0) is 49.2 Å². The molecule has 3 heterocycles. The van der Waals surface area contributed by atoms with E-state index in [4.69, 9.17) is 11.6 Å². The minimum Gasteiger partial charge on any atom is -0.338 e. The van der Waals surface area contributed by atoms with Crippen LogP contribution in [0.3, 0.4) is 0 Å². The highest BCUT2D eigenvalue weighted by molar-refractivity contribution is 6.31. The Labute approximate surface area is 209 Å². The number of aromatic nitrogens is 3. The SMILES string of the molecule is O=C(c1cn(-c2cc(F)cc(F)c2)c2cc(Cl)ccc12)N1CCC(n2c(=O)[nH]c3ccccc32)CC1. The summed E-state index contributed by atoms with van der Waals surface area (Å²) in [5.41, 5.74) is 2.76. The quantitative estimate of drug-likeness (QED) is 0.342. The molecule has 0 unspecified atom stereocenters. The molecule has 0 spiro atoms. The number of rotatable bonds is 3. The van der Waals surface area contributed by atoms with Crippen molar-refractivity contribution in [2.75, 3.05) is 13.1 Å². The van der Waals surface area contributed by atoms with E-state index in [9.17, 15) is 18.4 Å². The van der Waals surface area contributed by atoms with Crippen LogP contribution >= 0.6 is 11.6 Å². The van der Waals surface area contributed by atoms with Crippen LogP contribution in [0.25, 0.3) is 27.6 Å². The Morgan fingerprint density at radius 3 is 2.42 bits per heavy atom. The number of halogens is 3. The molecule has 9 heteroatoms. The maximum absolute atomic E-state index is 13.9. The van der Waals surface area contributed by atoms with Gasteiger partial charge in [-0.2, -0.15) is 0 Å². The summed E-state index contributed by atoms with van der Waals surface area (Å²) in [6, 6.07) is 15.9. The van der Waals surface area contributed by atoms with Crippen molar-refractivity contribution in [3.63, 3.8) is 0 Å². The molecule has 0 radical (unpaired) electrons. The van der Waals surface area contributed by atoms with Crippen LogP contribution in [0.4, 0.5) is 8.78 Å². The van der Waals surface area contributed by atoms with Gasteiger partial charge in [0.2, 0.25) is 0 Å². The van der Waals surface area contributed by atoms with E-state index in [1.165, 1.54) is 12.1 Å². The average Bonchev–Trinajstić information content (AvgIpc) is 3.40. The van der Waals surface area contributed by atoms with E-state index >= 15 is 0 Å². The van der Waals surface area contributed by atoms with Gasteiger partial charge in [-0.1, -0.05) is 29.8 Å². The molecular weight excluding hydrogens is 486 g/mol. The zero-order valence-corrected chi connectivity index (χ0v) is 19.8. The van der Waals surface area contributed by atoms with Crippen molar-refractivity contribution < 1.29 is 13.6 Å². The second kappa shape index (κ2) is 8.64. The molecule has 182 valence electrons. The number of carbonyl (C=O) groups is 1. The fourth-order valence-corrected chi connectivity index (χ4v) is 5.36. The topological polar surface area (TPSA) is 63.0 Å². The molecule has 1 N–H and O–H groups in total. The van der Waals surface area contributed by atoms with Gasteiger partial charge in [0, 0.05) is 41.8 Å². The Kier molecular flexibility index (Phi) is 5.41. The first kappa shape index (κ1) is 22.5. The fraction of sp³-hybridized carbons (Fsp3) is 0.185. The summed E-state index contributed by atoms with van der Waals surface area (Å²) < 4.78 is 31.3. The van der Waals surface area contributed by atoms with E-state index < -0.39 is 11.6 Å². The molecule has 5 aromatic rings. The molecule has 1 fully saturated rings. The van der Waals surface area contributed by atoms with Crippen molar-refractivity contribution in [1.82, 2.24) is 19.0 Å². The molecule has 0 bridgehead atoms. The summed E-state index contributed by atoms with van der Waals surface area (Å²) in [5.74, 6) is -1.60. The Morgan fingerprint density at radius 1 is 0.944 bits per heavy atom. The second-order valence-electron chi connectivity index (χ2n) is 9.04. The Balaban J connectivity index is 1.31. The first-order valence-electron chi connectivity index (χ1n) is 11.6. The molecule has 0 aliphatic carbocycles. The monoisotopic (exact) mass is 506 g/mol. The summed E-state index contributed by atoms with van der Waals surface area (Å²) in [7, 11) is 0. The summed E-state index contributed by atoms with van der Waals surface area (Å²) >= 11 is 6.21. The molecule has 3 aromatic carbocycles. The number of fused-ring (bicyclic) bond motifs is 2. The van der Waals surface area contributed by atoms with Crippen molar-refractivity contribution in [1.29, 1.82) is 0 Å². The highest BCUT2D eigenvalue weighted by atomic mass is 35.5. The molecule has 6 rings (SSSR count). The molecule has 1 amide bonds. The van der Waals surface area contributed by atoms with E-state index in [2.05, 4.69) is 4.98 Å². The summed E-state index contributed by atoms with van der Waals surface area (Å²) in [5, 5.41) is 1.09. The number of hydrogen-bond donors (Lipinski definition) is 1. The Hall–Kier alpha value is -3.91. The summed E-state index contributed by atoms with van der Waals surface area (Å²) in [6.07, 6.45) is 2.87. The lowest BCUT2D eigenvalue weighted by Crippen LogP contribution is -2.40. The molecular formula is C27H21ClF2N4O2. The van der Waals surface area contributed by atoms with E-state index in [1.807, 2.05) is 24.3 Å². The van der Waals surface area contributed by atoms with E-state index in [0.29, 0.717) is 47.4 Å². The lowest BCUT2D eigenvalue weighted by atomic mass is 10.0. The van der Waals surface area contributed by atoms with E-state index in [-0.39, 0.29) is 23.3 Å². The van der Waals surface area contributed by atoms with Crippen LogP contribution < -0.4 is 5.69 Å². The number of nitrogens with zero attached hydrogens (tertiary/aromatic N) is 3. The number of aromatic amines is 1. The largest absolute Gasteiger partial charge is 0.338 e. The smallest absolute Gasteiger partial charge is 0.326 e. The van der Waals surface area contributed by atoms with Crippen LogP contribution in [-0.4, -0.2) is 38.0 Å². The zero-order valence-electron chi connectivity index (χ0n) is 19.0. The van der Waals surface area contributed by atoms with Crippen molar-refractivity contribution >= 4 is 39.4 Å². The molecule has 6 nitrogen and oxygen atoms in total. The normalized spacial score (nSPS) is 14.7. The molecule has 1 aliphatic heterocycles. The number of para-hydroxylation sites is 2. The first-order chi connectivity index (χ1) is 17.4. The van der Waals surface area contributed by atoms with Gasteiger partial charge in [0.05, 0.1) is 27.8 Å². The molecule has 1 saturated heterocycles. The maximum Gasteiger partial charge on any atom is 0.326 e. The third-order valence-corrected chi connectivity index (χ3v) is 7.10. The van der Waals surface area contributed by atoms with Gasteiger partial charge in [-0.3, -0.25) is 9.36 Å². The molecule has 0 atom stereocenters. The third-order valence-electron chi connectivity index (χ3n) is 6.86. The summed E-state index contributed by atoms with van der Waals surface area (Å²) in [4.78, 5) is 30.9. The molecule has 1 aliphatic rings. The van der Waals surface area contributed by atoms with Crippen molar-refractivity contribution in [2.45, 2.75) is 18.9 Å². The fourth-order valence-electron chi connectivity index (χ4n) is 5.20. The molecule has 36 heavy (non-hydrogen) atoms. The average molecular weight is 507 g/mol. The van der Waals surface area contributed by atoms with Gasteiger partial charge in [0.15, 0.2) is 0 Å². The summed E-state index contributed by atoms with van der Waals surface area (Å²) in [6.45, 7) is 0.953. The van der Waals surface area contributed by atoms with Crippen LogP contribution in [0.5, 0.6) is 0 Å². The number of nitrogens with one attached hydrogen (secondary N) is 1. The second-order valence-corrected chi connectivity index (χ2v) is 9.48. The van der Waals surface area contributed by atoms with Gasteiger partial charge in [0.25, 0.3) is 5.91 Å². The van der Waals surface area contributed by atoms with Crippen LogP contribution in [0, 0.1) is 11.6 Å². The first-order valence-corrected chi connectivity index (χ1v) is 12.0. The maximum atomic E-state index is 13.9. The highest BCUT2D eigenvalue weighted by Gasteiger charge is 2.28. The number of piperidine rings is 1. The van der Waals surface area contributed by atoms with Crippen LogP contribution in [0.1, 0.15) is 29.2 Å². The predicted molar refractivity (Wildman–Crippen MR) is 135 cm³/mol. The Bertz CT molecular complexity index is 1680. The van der Waals surface area contributed by atoms with Crippen LogP contribution in [-0.2, 0) is 0 Å². The van der Waals surface area contributed by atoms with Crippen molar-refractivity contribution in [3.8, 4) is 5.69 Å². The van der Waals surface area contributed by atoms with Crippen LogP contribution in [0.2, 0.25) is 5.02 Å². The minimum atomic E-state index is -0.712. The number of likely N-dealkylation sites (tertiary alicyclic amines) is 1. The highest BCUT2D eigenvalue weighted by Crippen LogP contribution is 2.31. The number of imidazole rings is 1. The van der Waals surface area contributed by atoms with Gasteiger partial charge >= 0.3 is 5.69 Å². The van der Waals surface area contributed by atoms with E-state index in [0.717, 1.165) is 17.1 Å². The van der Waals surface area contributed by atoms with Crippen molar-refractivity contribution in [3.05, 3.63) is 99.6 Å².